The summed E-state index contributed by atoms with van der Waals surface area (Å²) >= 11 is 0. The van der Waals surface area contributed by atoms with Crippen LogP contribution in [0.1, 0.15) is 27.2 Å². The molecule has 1 N–H and O–H groups in total. The molecule has 3 nitrogen and oxygen atoms in total. The average molecular weight is 171 g/mol. The first-order valence-corrected chi connectivity index (χ1v) is 4.56. The highest BCUT2D eigenvalue weighted by molar-refractivity contribution is 5.04. The van der Waals surface area contributed by atoms with Crippen LogP contribution in [-0.2, 0) is 9.57 Å². The first-order chi connectivity index (χ1) is 5.56. The SMILES string of the molecule is C[C@H]1C[C@@]2(C)CON[C@@]2(C)CO1. The van der Waals surface area contributed by atoms with Crippen LogP contribution in [0.15, 0.2) is 0 Å². The molecule has 2 fully saturated rings. The number of ether oxygens (including phenoxy) is 1. The zero-order valence-electron chi connectivity index (χ0n) is 8.02. The van der Waals surface area contributed by atoms with E-state index in [2.05, 4.69) is 26.3 Å². The van der Waals surface area contributed by atoms with E-state index in [9.17, 15) is 0 Å². The number of nitrogens with one attached hydrogen (secondary N) is 1. The molecule has 2 rings (SSSR count). The van der Waals surface area contributed by atoms with E-state index in [-0.39, 0.29) is 11.0 Å². The van der Waals surface area contributed by atoms with Crippen LogP contribution in [0.25, 0.3) is 0 Å². The Balaban J connectivity index is 2.22. The van der Waals surface area contributed by atoms with Gasteiger partial charge in [0.2, 0.25) is 0 Å². The molecule has 3 heteroatoms. The third-order valence-electron chi connectivity index (χ3n) is 3.41. The van der Waals surface area contributed by atoms with Gasteiger partial charge in [0.25, 0.3) is 0 Å². The van der Waals surface area contributed by atoms with Crippen molar-refractivity contribution in [3.63, 3.8) is 0 Å². The third-order valence-corrected chi connectivity index (χ3v) is 3.41. The number of hydrogen-bond donors (Lipinski definition) is 1. The van der Waals surface area contributed by atoms with Crippen molar-refractivity contribution < 1.29 is 9.57 Å². The van der Waals surface area contributed by atoms with Crippen LogP contribution in [0.3, 0.4) is 0 Å². The van der Waals surface area contributed by atoms with E-state index >= 15 is 0 Å². The van der Waals surface area contributed by atoms with Crippen LogP contribution in [0.5, 0.6) is 0 Å². The maximum absolute atomic E-state index is 5.62. The summed E-state index contributed by atoms with van der Waals surface area (Å²) in [7, 11) is 0. The lowest BCUT2D eigenvalue weighted by atomic mass is 9.69. The monoisotopic (exact) mass is 171 g/mol. The smallest absolute Gasteiger partial charge is 0.0756 e. The predicted molar refractivity (Wildman–Crippen MR) is 45.6 cm³/mol. The summed E-state index contributed by atoms with van der Waals surface area (Å²) in [4.78, 5) is 5.32. The molecule has 0 aromatic rings. The van der Waals surface area contributed by atoms with Crippen molar-refractivity contribution in [2.75, 3.05) is 13.2 Å². The van der Waals surface area contributed by atoms with Gasteiger partial charge in [-0.05, 0) is 20.3 Å². The molecule has 0 radical (unpaired) electrons. The van der Waals surface area contributed by atoms with Crippen molar-refractivity contribution in [2.45, 2.75) is 38.8 Å². The van der Waals surface area contributed by atoms with E-state index in [1.165, 1.54) is 0 Å². The van der Waals surface area contributed by atoms with Gasteiger partial charge < -0.3 is 9.57 Å². The van der Waals surface area contributed by atoms with Crippen molar-refractivity contribution in [1.82, 2.24) is 5.48 Å². The molecule has 2 aliphatic rings. The number of hydrogen-bond acceptors (Lipinski definition) is 3. The van der Waals surface area contributed by atoms with Crippen molar-refractivity contribution in [1.29, 1.82) is 0 Å². The highest BCUT2D eigenvalue weighted by Gasteiger charge is 2.53. The Bertz CT molecular complexity index is 197. The van der Waals surface area contributed by atoms with Gasteiger partial charge in [-0.1, -0.05) is 6.92 Å². The van der Waals surface area contributed by atoms with Gasteiger partial charge in [-0.3, -0.25) is 0 Å². The van der Waals surface area contributed by atoms with Gasteiger partial charge in [-0.25, -0.2) is 0 Å². The Hall–Kier alpha value is -0.120. The standard InChI is InChI=1S/C9H17NO2/c1-7-4-8(2)5-12-10-9(8,3)6-11-7/h7,10H,4-6H2,1-3H3/t7-,8-,9-/m0/s1. The van der Waals surface area contributed by atoms with E-state index in [0.717, 1.165) is 19.6 Å². The molecule has 0 saturated carbocycles. The van der Waals surface area contributed by atoms with E-state index in [1.54, 1.807) is 0 Å². The number of hydroxylamine groups is 1. The number of fused-ring (bicyclic) bond motifs is 1. The predicted octanol–water partition coefficient (Wildman–Crippen LogP) is 1.09. The zero-order chi connectivity index (χ0) is 8.82. The largest absolute Gasteiger partial charge is 0.376 e. The Morgan fingerprint density at radius 3 is 2.83 bits per heavy atom. The Kier molecular flexibility index (Phi) is 1.72. The van der Waals surface area contributed by atoms with Crippen LogP contribution >= 0.6 is 0 Å². The third kappa shape index (κ3) is 1.00. The molecule has 2 saturated heterocycles. The fourth-order valence-electron chi connectivity index (χ4n) is 2.13. The summed E-state index contributed by atoms with van der Waals surface area (Å²) in [6.07, 6.45) is 1.45. The molecule has 2 heterocycles. The highest BCUT2D eigenvalue weighted by Crippen LogP contribution is 2.44. The molecule has 70 valence electrons. The second-order valence-corrected chi connectivity index (χ2v) is 4.61. The van der Waals surface area contributed by atoms with Crippen molar-refractivity contribution >= 4 is 0 Å². The van der Waals surface area contributed by atoms with Gasteiger partial charge in [0.15, 0.2) is 0 Å². The minimum atomic E-state index is 0.0134. The van der Waals surface area contributed by atoms with Crippen LogP contribution in [0.4, 0.5) is 0 Å². The maximum atomic E-state index is 5.62. The molecule has 0 aromatic carbocycles. The van der Waals surface area contributed by atoms with Gasteiger partial charge in [0.1, 0.15) is 0 Å². The summed E-state index contributed by atoms with van der Waals surface area (Å²) < 4.78 is 5.62. The molecule has 0 bridgehead atoms. The molecule has 0 unspecified atom stereocenters. The zero-order valence-corrected chi connectivity index (χ0v) is 8.02. The fraction of sp³-hybridized carbons (Fsp3) is 1.00. The summed E-state index contributed by atoms with van der Waals surface area (Å²) in [5.74, 6) is 0. The topological polar surface area (TPSA) is 30.5 Å². The maximum Gasteiger partial charge on any atom is 0.0756 e. The fourth-order valence-corrected chi connectivity index (χ4v) is 2.13. The Morgan fingerprint density at radius 2 is 2.08 bits per heavy atom. The molecule has 2 aliphatic heterocycles. The summed E-state index contributed by atoms with van der Waals surface area (Å²) in [6, 6.07) is 0. The summed E-state index contributed by atoms with van der Waals surface area (Å²) in [5.41, 5.74) is 3.33. The van der Waals surface area contributed by atoms with Crippen molar-refractivity contribution in [3.8, 4) is 0 Å². The molecule has 0 amide bonds. The van der Waals surface area contributed by atoms with E-state index in [4.69, 9.17) is 9.57 Å². The van der Waals surface area contributed by atoms with E-state index in [0.29, 0.717) is 6.10 Å². The van der Waals surface area contributed by atoms with Gasteiger partial charge in [0.05, 0.1) is 24.9 Å². The lowest BCUT2D eigenvalue weighted by molar-refractivity contribution is -0.0799. The van der Waals surface area contributed by atoms with Gasteiger partial charge in [-0.15, -0.1) is 0 Å². The Morgan fingerprint density at radius 1 is 1.33 bits per heavy atom. The average Bonchev–Trinajstić information content (AvgIpc) is 2.26. The summed E-state index contributed by atoms with van der Waals surface area (Å²) in [5, 5.41) is 0. The van der Waals surface area contributed by atoms with Gasteiger partial charge >= 0.3 is 0 Å². The van der Waals surface area contributed by atoms with Crippen molar-refractivity contribution in [2.24, 2.45) is 5.41 Å². The minimum absolute atomic E-state index is 0.0134. The van der Waals surface area contributed by atoms with Crippen LogP contribution < -0.4 is 5.48 Å². The second kappa shape index (κ2) is 2.44. The quantitative estimate of drug-likeness (QED) is 0.592. The molecule has 0 aromatic heterocycles. The first-order valence-electron chi connectivity index (χ1n) is 4.56. The molecule has 3 atom stereocenters. The highest BCUT2D eigenvalue weighted by atomic mass is 16.7. The molecular weight excluding hydrogens is 154 g/mol. The summed E-state index contributed by atoms with van der Waals surface area (Å²) in [6.45, 7) is 8.13. The molecule has 12 heavy (non-hydrogen) atoms. The van der Waals surface area contributed by atoms with Crippen LogP contribution in [-0.4, -0.2) is 24.9 Å². The lowest BCUT2D eigenvalue weighted by Gasteiger charge is -2.44. The normalized spacial score (nSPS) is 53.8. The second-order valence-electron chi connectivity index (χ2n) is 4.61. The lowest BCUT2D eigenvalue weighted by Crippen LogP contribution is -2.57. The molecule has 0 spiro atoms. The van der Waals surface area contributed by atoms with Crippen molar-refractivity contribution in [3.05, 3.63) is 0 Å². The minimum Gasteiger partial charge on any atom is -0.376 e. The molecular formula is C9H17NO2. The number of rotatable bonds is 0. The first kappa shape index (κ1) is 8.48. The molecule has 0 aliphatic carbocycles. The van der Waals surface area contributed by atoms with E-state index in [1.807, 2.05) is 0 Å². The van der Waals surface area contributed by atoms with Gasteiger partial charge in [-0.2, -0.15) is 5.48 Å². The Labute approximate surface area is 73.4 Å². The van der Waals surface area contributed by atoms with Crippen LogP contribution in [0, 0.1) is 5.41 Å². The van der Waals surface area contributed by atoms with E-state index < -0.39 is 0 Å². The van der Waals surface area contributed by atoms with Crippen LogP contribution in [0.2, 0.25) is 0 Å². The van der Waals surface area contributed by atoms with Gasteiger partial charge in [0, 0.05) is 5.41 Å².